The molecule has 8 heteroatoms. The van der Waals surface area contributed by atoms with Crippen LogP contribution in [0.25, 0.3) is 0 Å². The van der Waals surface area contributed by atoms with E-state index in [9.17, 15) is 4.79 Å². The number of rotatable bonds is 3. The number of methoxy groups -OCH3 is 1. The predicted octanol–water partition coefficient (Wildman–Crippen LogP) is 2.66. The predicted molar refractivity (Wildman–Crippen MR) is 81.3 cm³/mol. The fraction of sp³-hybridized carbons (Fsp3) is 0.182. The molecule has 19 heavy (non-hydrogen) atoms. The van der Waals surface area contributed by atoms with E-state index in [2.05, 4.69) is 31.4 Å². The molecule has 1 fully saturated rings. The minimum atomic E-state index is -0.0722. The van der Waals surface area contributed by atoms with Crippen molar-refractivity contribution in [2.24, 2.45) is 10.2 Å². The van der Waals surface area contributed by atoms with Crippen molar-refractivity contribution >= 4 is 56.6 Å². The summed E-state index contributed by atoms with van der Waals surface area (Å²) < 4.78 is 5.94. The van der Waals surface area contributed by atoms with Crippen LogP contribution in [-0.4, -0.2) is 30.2 Å². The molecule has 1 saturated heterocycles. The third kappa shape index (κ3) is 3.49. The number of halogens is 2. The molecule has 1 aliphatic rings. The van der Waals surface area contributed by atoms with Gasteiger partial charge in [-0.3, -0.25) is 4.79 Å². The number of nitrogens with one attached hydrogen (secondary N) is 1. The van der Waals surface area contributed by atoms with E-state index >= 15 is 0 Å². The van der Waals surface area contributed by atoms with E-state index in [-0.39, 0.29) is 5.91 Å². The first kappa shape index (κ1) is 14.4. The van der Waals surface area contributed by atoms with Gasteiger partial charge < -0.3 is 10.1 Å². The molecular weight excluding hydrogens is 354 g/mol. The fourth-order valence-electron chi connectivity index (χ4n) is 1.37. The van der Waals surface area contributed by atoms with E-state index in [0.29, 0.717) is 27.3 Å². The number of thioether (sulfide) groups is 1. The Labute approximate surface area is 127 Å². The number of hydrogen-bond donors (Lipinski definition) is 1. The molecule has 1 aromatic rings. The smallest absolute Gasteiger partial charge is 0.236 e. The third-order valence-corrected chi connectivity index (χ3v) is 4.39. The van der Waals surface area contributed by atoms with Gasteiger partial charge in [0.05, 0.1) is 29.7 Å². The van der Waals surface area contributed by atoms with Crippen molar-refractivity contribution in [3.63, 3.8) is 0 Å². The van der Waals surface area contributed by atoms with Gasteiger partial charge in [-0.2, -0.15) is 5.10 Å². The Morgan fingerprint density at radius 2 is 2.37 bits per heavy atom. The van der Waals surface area contributed by atoms with E-state index in [4.69, 9.17) is 16.3 Å². The normalized spacial score (nSPS) is 17.2. The maximum atomic E-state index is 11.0. The van der Waals surface area contributed by atoms with Crippen LogP contribution in [-0.2, 0) is 4.79 Å². The van der Waals surface area contributed by atoms with Gasteiger partial charge in [-0.05, 0) is 28.1 Å². The number of amidine groups is 1. The van der Waals surface area contributed by atoms with Crippen LogP contribution in [0.15, 0.2) is 26.8 Å². The van der Waals surface area contributed by atoms with E-state index in [0.717, 1.165) is 4.47 Å². The summed E-state index contributed by atoms with van der Waals surface area (Å²) in [5.41, 5.74) is 0.622. The first-order valence-corrected chi connectivity index (χ1v) is 7.33. The summed E-state index contributed by atoms with van der Waals surface area (Å²) in [6.07, 6.45) is 1.49. The lowest BCUT2D eigenvalue weighted by Gasteiger charge is -2.06. The zero-order valence-electron chi connectivity index (χ0n) is 9.81. The Balaban J connectivity index is 2.23. The molecule has 0 radical (unpaired) electrons. The Bertz CT molecular complexity index is 577. The lowest BCUT2D eigenvalue weighted by Crippen LogP contribution is -2.19. The summed E-state index contributed by atoms with van der Waals surface area (Å²) >= 11 is 10.8. The highest BCUT2D eigenvalue weighted by Crippen LogP contribution is 2.31. The quantitative estimate of drug-likeness (QED) is 0.664. The lowest BCUT2D eigenvalue weighted by atomic mass is 10.2. The molecule has 0 aromatic heterocycles. The molecule has 2 rings (SSSR count). The molecule has 5 nitrogen and oxygen atoms in total. The highest BCUT2D eigenvalue weighted by Gasteiger charge is 2.16. The van der Waals surface area contributed by atoms with Gasteiger partial charge >= 0.3 is 0 Å². The van der Waals surface area contributed by atoms with E-state index < -0.39 is 0 Å². The van der Waals surface area contributed by atoms with Crippen LogP contribution in [0.1, 0.15) is 5.56 Å². The summed E-state index contributed by atoms with van der Waals surface area (Å²) in [5.74, 6) is 0.896. The lowest BCUT2D eigenvalue weighted by molar-refractivity contribution is -0.116. The molecule has 1 amide bonds. The van der Waals surface area contributed by atoms with Crippen LogP contribution in [0.5, 0.6) is 5.75 Å². The van der Waals surface area contributed by atoms with Crippen molar-refractivity contribution < 1.29 is 9.53 Å². The second-order valence-electron chi connectivity index (χ2n) is 3.46. The van der Waals surface area contributed by atoms with E-state index in [1.165, 1.54) is 18.0 Å². The number of carbonyl (C=O) groups is 1. The summed E-state index contributed by atoms with van der Waals surface area (Å²) in [6.45, 7) is 0. The Morgan fingerprint density at radius 1 is 1.58 bits per heavy atom. The first-order valence-electron chi connectivity index (χ1n) is 5.17. The fourth-order valence-corrected chi connectivity index (χ4v) is 2.55. The van der Waals surface area contributed by atoms with Gasteiger partial charge in [-0.1, -0.05) is 23.4 Å². The number of benzene rings is 1. The Morgan fingerprint density at radius 3 is 3.00 bits per heavy atom. The second kappa shape index (κ2) is 6.40. The molecule has 1 N–H and O–H groups in total. The summed E-state index contributed by atoms with van der Waals surface area (Å²) in [7, 11) is 1.55. The van der Waals surface area contributed by atoms with Crippen molar-refractivity contribution in [3.05, 3.63) is 27.2 Å². The minimum absolute atomic E-state index is 0.0722. The van der Waals surface area contributed by atoms with Crippen molar-refractivity contribution in [1.29, 1.82) is 0 Å². The van der Waals surface area contributed by atoms with Gasteiger partial charge in [0.25, 0.3) is 0 Å². The highest BCUT2D eigenvalue weighted by molar-refractivity contribution is 9.10. The topological polar surface area (TPSA) is 63.1 Å². The van der Waals surface area contributed by atoms with Gasteiger partial charge in [0.2, 0.25) is 5.91 Å². The molecule has 0 saturated carbocycles. The number of carbonyl (C=O) groups excluding carboxylic acids is 1. The first-order chi connectivity index (χ1) is 9.11. The molecular formula is C11H9BrClN3O2S. The van der Waals surface area contributed by atoms with Crippen LogP contribution in [0.4, 0.5) is 0 Å². The molecule has 0 aliphatic carbocycles. The summed E-state index contributed by atoms with van der Waals surface area (Å²) in [6, 6.07) is 3.56. The van der Waals surface area contributed by atoms with E-state index in [1.807, 2.05) is 0 Å². The molecule has 0 atom stereocenters. The zero-order chi connectivity index (χ0) is 13.8. The molecule has 1 aromatic carbocycles. The van der Waals surface area contributed by atoms with Crippen LogP contribution < -0.4 is 10.1 Å². The van der Waals surface area contributed by atoms with Gasteiger partial charge in [-0.15, -0.1) is 5.10 Å². The largest absolute Gasteiger partial charge is 0.496 e. The van der Waals surface area contributed by atoms with Crippen LogP contribution in [0.3, 0.4) is 0 Å². The zero-order valence-corrected chi connectivity index (χ0v) is 13.0. The number of hydrogen-bond acceptors (Lipinski definition) is 5. The molecule has 100 valence electrons. The average Bonchev–Trinajstić information content (AvgIpc) is 2.80. The van der Waals surface area contributed by atoms with Crippen LogP contribution >= 0.6 is 39.3 Å². The van der Waals surface area contributed by atoms with E-state index in [1.54, 1.807) is 19.2 Å². The van der Waals surface area contributed by atoms with Gasteiger partial charge in [0.15, 0.2) is 5.17 Å². The standard InChI is InChI=1S/C11H9BrClN3O2S/c1-18-8-3-2-7(12)10(13)6(8)4-14-16-11-15-9(17)5-19-11/h2-4H,5H2,1H3,(H,15,16,17). The second-order valence-corrected chi connectivity index (χ2v) is 5.66. The molecule has 0 unspecified atom stereocenters. The highest BCUT2D eigenvalue weighted by atomic mass is 79.9. The maximum Gasteiger partial charge on any atom is 0.236 e. The summed E-state index contributed by atoms with van der Waals surface area (Å²) in [4.78, 5) is 11.0. The average molecular weight is 363 g/mol. The van der Waals surface area contributed by atoms with Crippen LogP contribution in [0.2, 0.25) is 5.02 Å². The number of nitrogens with zero attached hydrogens (tertiary/aromatic N) is 2. The minimum Gasteiger partial charge on any atom is -0.496 e. The number of amides is 1. The Kier molecular flexibility index (Phi) is 4.84. The van der Waals surface area contributed by atoms with Crippen molar-refractivity contribution in [1.82, 2.24) is 5.32 Å². The molecule has 1 heterocycles. The SMILES string of the molecule is COc1ccc(Br)c(Cl)c1C=NN=C1NC(=O)CS1. The van der Waals surface area contributed by atoms with Crippen molar-refractivity contribution in [3.8, 4) is 5.75 Å². The number of ether oxygens (including phenoxy) is 1. The van der Waals surface area contributed by atoms with Crippen LogP contribution in [0, 0.1) is 0 Å². The van der Waals surface area contributed by atoms with Crippen molar-refractivity contribution in [2.75, 3.05) is 12.9 Å². The maximum absolute atomic E-state index is 11.0. The van der Waals surface area contributed by atoms with Crippen molar-refractivity contribution in [2.45, 2.75) is 0 Å². The monoisotopic (exact) mass is 361 g/mol. The van der Waals surface area contributed by atoms with Gasteiger partial charge in [-0.25, -0.2) is 0 Å². The third-order valence-electron chi connectivity index (χ3n) is 2.23. The molecule has 0 spiro atoms. The van der Waals surface area contributed by atoms with Gasteiger partial charge in [0, 0.05) is 4.47 Å². The van der Waals surface area contributed by atoms with Gasteiger partial charge in [0.1, 0.15) is 5.75 Å². The molecule has 0 bridgehead atoms. The molecule has 1 aliphatic heterocycles. The Hall–Kier alpha value is -1.05. The summed E-state index contributed by atoms with van der Waals surface area (Å²) in [5, 5.41) is 11.4.